The van der Waals surface area contributed by atoms with E-state index in [1.165, 1.54) is 18.3 Å². The van der Waals surface area contributed by atoms with Crippen molar-refractivity contribution in [3.05, 3.63) is 111 Å². The Kier molecular flexibility index (Phi) is 8.80. The maximum absolute atomic E-state index is 13.6. The SMILES string of the molecule is CCc1ccccc1N(CC(=O)N/N=C/c1cc(C)n(-c2cc(Cl)cc(Cl)c2)c1C)S(=O)(=O)c1ccccc1. The van der Waals surface area contributed by atoms with Crippen LogP contribution in [-0.4, -0.2) is 31.7 Å². The van der Waals surface area contributed by atoms with E-state index in [0.717, 1.165) is 32.5 Å². The summed E-state index contributed by atoms with van der Waals surface area (Å²) in [6, 6.07) is 22.4. The van der Waals surface area contributed by atoms with E-state index < -0.39 is 22.5 Å². The summed E-state index contributed by atoms with van der Waals surface area (Å²) in [5, 5.41) is 5.16. The third-order valence-corrected chi connectivity index (χ3v) is 8.44. The fourth-order valence-corrected chi connectivity index (χ4v) is 6.39. The number of nitrogens with zero attached hydrogens (tertiary/aromatic N) is 3. The molecule has 0 saturated heterocycles. The molecule has 0 spiro atoms. The molecule has 0 radical (unpaired) electrons. The van der Waals surface area contributed by atoms with Gasteiger partial charge in [-0.05, 0) is 68.3 Å². The van der Waals surface area contributed by atoms with Gasteiger partial charge in [-0.25, -0.2) is 13.8 Å². The molecule has 0 saturated carbocycles. The minimum absolute atomic E-state index is 0.0979. The number of anilines is 1. The Hall–Kier alpha value is -3.59. The van der Waals surface area contributed by atoms with Crippen molar-refractivity contribution in [1.29, 1.82) is 0 Å². The van der Waals surface area contributed by atoms with Gasteiger partial charge in [0.05, 0.1) is 16.8 Å². The molecule has 10 heteroatoms. The zero-order valence-corrected chi connectivity index (χ0v) is 24.1. The molecule has 1 aromatic heterocycles. The van der Waals surface area contributed by atoms with Gasteiger partial charge in [0, 0.05) is 32.7 Å². The number of halogens is 2. The summed E-state index contributed by atoms with van der Waals surface area (Å²) in [6.07, 6.45) is 2.13. The zero-order chi connectivity index (χ0) is 28.2. The van der Waals surface area contributed by atoms with Crippen LogP contribution in [0.1, 0.15) is 29.4 Å². The van der Waals surface area contributed by atoms with Crippen LogP contribution in [0.15, 0.2) is 88.9 Å². The van der Waals surface area contributed by atoms with Gasteiger partial charge in [-0.1, -0.05) is 66.5 Å². The van der Waals surface area contributed by atoms with Crippen LogP contribution in [0.2, 0.25) is 10.0 Å². The van der Waals surface area contributed by atoms with E-state index in [2.05, 4.69) is 10.5 Å². The van der Waals surface area contributed by atoms with Crippen LogP contribution < -0.4 is 9.73 Å². The summed E-state index contributed by atoms with van der Waals surface area (Å²) >= 11 is 12.4. The Bertz CT molecular complexity index is 1610. The van der Waals surface area contributed by atoms with E-state index in [1.54, 1.807) is 36.4 Å². The van der Waals surface area contributed by atoms with Crippen LogP contribution in [0.4, 0.5) is 5.69 Å². The summed E-state index contributed by atoms with van der Waals surface area (Å²) < 4.78 is 30.3. The van der Waals surface area contributed by atoms with E-state index in [1.807, 2.05) is 55.7 Å². The zero-order valence-electron chi connectivity index (χ0n) is 21.7. The highest BCUT2D eigenvalue weighted by atomic mass is 35.5. The number of hydrogen-bond acceptors (Lipinski definition) is 4. The van der Waals surface area contributed by atoms with Crippen LogP contribution in [0, 0.1) is 13.8 Å². The van der Waals surface area contributed by atoms with Gasteiger partial charge >= 0.3 is 0 Å². The molecule has 1 amide bonds. The second-order valence-corrected chi connectivity index (χ2v) is 11.6. The maximum Gasteiger partial charge on any atom is 0.264 e. The number of hydrogen-bond donors (Lipinski definition) is 1. The molecule has 3 aromatic carbocycles. The normalized spacial score (nSPS) is 11.6. The van der Waals surface area contributed by atoms with Crippen LogP contribution in [0.5, 0.6) is 0 Å². The second kappa shape index (κ2) is 12.1. The van der Waals surface area contributed by atoms with Crippen LogP contribution in [0.25, 0.3) is 5.69 Å². The first kappa shape index (κ1) is 28.4. The number of carbonyl (C=O) groups excluding carboxylic acids is 1. The highest BCUT2D eigenvalue weighted by Gasteiger charge is 2.28. The first-order valence-electron chi connectivity index (χ1n) is 12.2. The molecule has 202 valence electrons. The fraction of sp³-hybridized carbons (Fsp3) is 0.172. The van der Waals surface area contributed by atoms with Crippen molar-refractivity contribution >= 4 is 51.0 Å². The minimum Gasteiger partial charge on any atom is -0.318 e. The molecule has 0 aliphatic heterocycles. The summed E-state index contributed by atoms with van der Waals surface area (Å²) in [4.78, 5) is 13.1. The van der Waals surface area contributed by atoms with Gasteiger partial charge in [-0.3, -0.25) is 9.10 Å². The highest BCUT2D eigenvalue weighted by molar-refractivity contribution is 7.92. The Morgan fingerprint density at radius 1 is 0.974 bits per heavy atom. The lowest BCUT2D eigenvalue weighted by Gasteiger charge is -2.25. The summed E-state index contributed by atoms with van der Waals surface area (Å²) in [5.74, 6) is -0.577. The first-order chi connectivity index (χ1) is 18.6. The Balaban J connectivity index is 1.58. The number of para-hydroxylation sites is 1. The largest absolute Gasteiger partial charge is 0.318 e. The number of amides is 1. The number of carbonyl (C=O) groups is 1. The van der Waals surface area contributed by atoms with Crippen molar-refractivity contribution in [3.63, 3.8) is 0 Å². The number of rotatable bonds is 9. The van der Waals surface area contributed by atoms with Crippen LogP contribution >= 0.6 is 23.2 Å². The van der Waals surface area contributed by atoms with Crippen molar-refractivity contribution < 1.29 is 13.2 Å². The third-order valence-electron chi connectivity index (χ3n) is 6.23. The molecule has 39 heavy (non-hydrogen) atoms. The maximum atomic E-state index is 13.6. The Labute approximate surface area is 238 Å². The smallest absolute Gasteiger partial charge is 0.264 e. The molecule has 4 rings (SSSR count). The Morgan fingerprint density at radius 2 is 1.62 bits per heavy atom. The molecule has 0 aliphatic carbocycles. The third kappa shape index (κ3) is 6.36. The molecule has 7 nitrogen and oxygen atoms in total. The van der Waals surface area contributed by atoms with E-state index in [4.69, 9.17) is 23.2 Å². The van der Waals surface area contributed by atoms with Gasteiger partial charge in [0.15, 0.2) is 0 Å². The van der Waals surface area contributed by atoms with Crippen LogP contribution in [0.3, 0.4) is 0 Å². The topological polar surface area (TPSA) is 83.8 Å². The van der Waals surface area contributed by atoms with Gasteiger partial charge in [-0.15, -0.1) is 0 Å². The van der Waals surface area contributed by atoms with Crippen molar-refractivity contribution in [1.82, 2.24) is 9.99 Å². The lowest BCUT2D eigenvalue weighted by Crippen LogP contribution is -2.40. The lowest BCUT2D eigenvalue weighted by molar-refractivity contribution is -0.119. The number of benzene rings is 3. The van der Waals surface area contributed by atoms with E-state index in [0.29, 0.717) is 22.2 Å². The van der Waals surface area contributed by atoms with E-state index in [-0.39, 0.29) is 4.90 Å². The highest BCUT2D eigenvalue weighted by Crippen LogP contribution is 2.28. The fourth-order valence-electron chi connectivity index (χ4n) is 4.40. The first-order valence-corrected chi connectivity index (χ1v) is 14.4. The number of aryl methyl sites for hydroxylation is 2. The molecule has 0 aliphatic rings. The summed E-state index contributed by atoms with van der Waals surface area (Å²) in [7, 11) is -4.01. The predicted octanol–water partition coefficient (Wildman–Crippen LogP) is 6.31. The number of sulfonamides is 1. The van der Waals surface area contributed by atoms with Gasteiger partial charge in [0.25, 0.3) is 15.9 Å². The molecule has 0 atom stereocenters. The lowest BCUT2D eigenvalue weighted by atomic mass is 10.1. The monoisotopic (exact) mass is 582 g/mol. The van der Waals surface area contributed by atoms with Crippen molar-refractivity contribution in [2.45, 2.75) is 32.1 Å². The van der Waals surface area contributed by atoms with Gasteiger partial charge in [-0.2, -0.15) is 5.10 Å². The molecule has 0 unspecified atom stereocenters. The van der Waals surface area contributed by atoms with Crippen molar-refractivity contribution in [3.8, 4) is 5.69 Å². The van der Waals surface area contributed by atoms with Gasteiger partial charge in [0.1, 0.15) is 6.54 Å². The van der Waals surface area contributed by atoms with E-state index >= 15 is 0 Å². The van der Waals surface area contributed by atoms with Crippen molar-refractivity contribution in [2.24, 2.45) is 5.10 Å². The van der Waals surface area contributed by atoms with Crippen LogP contribution in [-0.2, 0) is 21.2 Å². The van der Waals surface area contributed by atoms with E-state index in [9.17, 15) is 13.2 Å². The number of nitrogens with one attached hydrogen (secondary N) is 1. The minimum atomic E-state index is -4.01. The number of hydrazone groups is 1. The average molecular weight is 584 g/mol. The molecule has 0 fully saturated rings. The summed E-state index contributed by atoms with van der Waals surface area (Å²) in [6.45, 7) is 5.35. The van der Waals surface area contributed by atoms with Crippen molar-refractivity contribution in [2.75, 3.05) is 10.8 Å². The quantitative estimate of drug-likeness (QED) is 0.185. The molecule has 0 bridgehead atoms. The molecule has 4 aromatic rings. The molecule has 1 heterocycles. The van der Waals surface area contributed by atoms with Gasteiger partial charge in [0.2, 0.25) is 0 Å². The number of aromatic nitrogens is 1. The molecule has 1 N–H and O–H groups in total. The standard InChI is InChI=1S/C29H28Cl2N4O3S/c1-4-22-10-8-9-13-28(22)34(39(37,38)27-11-6-5-7-12-27)19-29(36)33-32-18-23-14-20(2)35(21(23)3)26-16-24(30)15-25(31)17-26/h5-18H,4,19H2,1-3H3,(H,33,36)/b32-18+. The Morgan fingerprint density at radius 3 is 2.28 bits per heavy atom. The molecular formula is C29H28Cl2N4O3S. The summed E-state index contributed by atoms with van der Waals surface area (Å²) in [5.41, 5.74) is 7.11. The predicted molar refractivity (Wildman–Crippen MR) is 158 cm³/mol. The molecular weight excluding hydrogens is 555 g/mol. The second-order valence-electron chi connectivity index (χ2n) is 8.89. The van der Waals surface area contributed by atoms with Gasteiger partial charge < -0.3 is 4.57 Å². The average Bonchev–Trinajstić information content (AvgIpc) is 3.19.